The van der Waals surface area contributed by atoms with E-state index in [1.807, 2.05) is 26.0 Å². The van der Waals surface area contributed by atoms with Gasteiger partial charge in [0.15, 0.2) is 0 Å². The molecule has 0 spiro atoms. The van der Waals surface area contributed by atoms with Crippen molar-refractivity contribution in [1.82, 2.24) is 10.5 Å². The molecule has 88 valence electrons. The van der Waals surface area contributed by atoms with Gasteiger partial charge in [-0.3, -0.25) is 0 Å². The maximum atomic E-state index is 4.42. The standard InChI is InChI=1S/C9H19N4.C2H6/c1-12-10-7-9(11-12)8-13(2)5-3-4-6-13;1-2/h10H,3-8H2,1-2H3;1-2H3/q+1;. The number of hydrogen-bond donors (Lipinski definition) is 1. The Kier molecular flexibility index (Phi) is 4.54. The number of nitrogens with one attached hydrogen (secondary N) is 1. The summed E-state index contributed by atoms with van der Waals surface area (Å²) in [4.78, 5) is 0. The van der Waals surface area contributed by atoms with Crippen LogP contribution in [0.15, 0.2) is 5.10 Å². The SMILES string of the molecule is CC.CN1N=C(C[N+]2(C)CCCC2)CN1. The van der Waals surface area contributed by atoms with Crippen molar-refractivity contribution in [2.45, 2.75) is 26.7 Å². The largest absolute Gasteiger partial charge is 0.321 e. The highest BCUT2D eigenvalue weighted by Gasteiger charge is 2.29. The van der Waals surface area contributed by atoms with E-state index in [-0.39, 0.29) is 0 Å². The Hall–Kier alpha value is -0.610. The van der Waals surface area contributed by atoms with Gasteiger partial charge in [-0.15, -0.1) is 0 Å². The first-order chi connectivity index (χ1) is 7.18. The van der Waals surface area contributed by atoms with Gasteiger partial charge >= 0.3 is 0 Å². The van der Waals surface area contributed by atoms with Crippen LogP contribution in [0.25, 0.3) is 0 Å². The Morgan fingerprint density at radius 3 is 2.40 bits per heavy atom. The van der Waals surface area contributed by atoms with Gasteiger partial charge in [0.1, 0.15) is 12.3 Å². The molecule has 0 aromatic rings. The number of hydrazine groups is 1. The molecule has 0 aliphatic carbocycles. The lowest BCUT2D eigenvalue weighted by Crippen LogP contribution is -2.45. The van der Waals surface area contributed by atoms with E-state index in [0.29, 0.717) is 0 Å². The molecule has 0 radical (unpaired) electrons. The highest BCUT2D eigenvalue weighted by molar-refractivity contribution is 5.88. The van der Waals surface area contributed by atoms with Crippen molar-refractivity contribution in [3.63, 3.8) is 0 Å². The van der Waals surface area contributed by atoms with Gasteiger partial charge in [0.2, 0.25) is 0 Å². The molecule has 0 unspecified atom stereocenters. The molecule has 4 heteroatoms. The minimum atomic E-state index is 0.935. The van der Waals surface area contributed by atoms with E-state index in [9.17, 15) is 0 Å². The maximum Gasteiger partial charge on any atom is 0.121 e. The molecule has 15 heavy (non-hydrogen) atoms. The lowest BCUT2D eigenvalue weighted by Gasteiger charge is -2.28. The molecule has 2 aliphatic rings. The van der Waals surface area contributed by atoms with E-state index in [4.69, 9.17) is 0 Å². The first-order valence-corrected chi connectivity index (χ1v) is 6.05. The Bertz CT molecular complexity index is 219. The summed E-state index contributed by atoms with van der Waals surface area (Å²) in [6.07, 6.45) is 2.76. The molecule has 2 heterocycles. The van der Waals surface area contributed by atoms with Crippen molar-refractivity contribution in [1.29, 1.82) is 0 Å². The third-order valence-electron chi connectivity index (χ3n) is 3.01. The summed E-state index contributed by atoms with van der Waals surface area (Å²) in [5.41, 5.74) is 4.48. The molecule has 0 atom stereocenters. The zero-order valence-corrected chi connectivity index (χ0v) is 10.6. The first kappa shape index (κ1) is 12.5. The fraction of sp³-hybridized carbons (Fsp3) is 0.909. The van der Waals surface area contributed by atoms with Crippen LogP contribution in [0.3, 0.4) is 0 Å². The summed E-state index contributed by atoms with van der Waals surface area (Å²) in [5, 5.41) is 6.24. The molecule has 0 bridgehead atoms. The molecule has 2 rings (SSSR count). The van der Waals surface area contributed by atoms with Crippen molar-refractivity contribution >= 4 is 5.71 Å². The Morgan fingerprint density at radius 1 is 1.33 bits per heavy atom. The lowest BCUT2D eigenvalue weighted by atomic mass is 10.3. The van der Waals surface area contributed by atoms with E-state index in [1.165, 1.54) is 36.1 Å². The van der Waals surface area contributed by atoms with E-state index in [1.54, 1.807) is 0 Å². The molecule has 0 aromatic carbocycles. The average Bonchev–Trinajstić information content (AvgIpc) is 2.80. The summed E-state index contributed by atoms with van der Waals surface area (Å²) in [7, 11) is 4.30. The van der Waals surface area contributed by atoms with Crippen LogP contribution in [0.4, 0.5) is 0 Å². The fourth-order valence-corrected chi connectivity index (χ4v) is 2.27. The summed E-state index contributed by atoms with van der Waals surface area (Å²) >= 11 is 0. The molecule has 1 saturated heterocycles. The first-order valence-electron chi connectivity index (χ1n) is 6.05. The minimum Gasteiger partial charge on any atom is -0.321 e. The second kappa shape index (κ2) is 5.47. The molecular weight excluding hydrogens is 188 g/mol. The van der Waals surface area contributed by atoms with Crippen LogP contribution in [-0.4, -0.2) is 55.6 Å². The number of likely N-dealkylation sites (tertiary alicyclic amines) is 1. The van der Waals surface area contributed by atoms with Crippen LogP contribution in [0, 0.1) is 0 Å². The Morgan fingerprint density at radius 2 is 1.93 bits per heavy atom. The van der Waals surface area contributed by atoms with Gasteiger partial charge < -0.3 is 4.48 Å². The van der Waals surface area contributed by atoms with Gasteiger partial charge in [-0.2, -0.15) is 5.10 Å². The number of rotatable bonds is 2. The zero-order valence-electron chi connectivity index (χ0n) is 10.6. The molecule has 0 saturated carbocycles. The monoisotopic (exact) mass is 213 g/mol. The van der Waals surface area contributed by atoms with Gasteiger partial charge in [0.05, 0.1) is 26.7 Å². The Labute approximate surface area is 93.5 Å². The van der Waals surface area contributed by atoms with Crippen LogP contribution in [0.5, 0.6) is 0 Å². The van der Waals surface area contributed by atoms with Crippen molar-refractivity contribution in [2.24, 2.45) is 5.10 Å². The quantitative estimate of drug-likeness (QED) is 0.695. The average molecular weight is 213 g/mol. The van der Waals surface area contributed by atoms with Gasteiger partial charge in [0.25, 0.3) is 0 Å². The maximum absolute atomic E-state index is 4.42. The number of nitrogens with zero attached hydrogens (tertiary/aromatic N) is 3. The summed E-state index contributed by atoms with van der Waals surface area (Å²) in [6.45, 7) is 8.70. The van der Waals surface area contributed by atoms with Crippen molar-refractivity contribution in [3.8, 4) is 0 Å². The van der Waals surface area contributed by atoms with Gasteiger partial charge in [-0.05, 0) is 0 Å². The summed E-state index contributed by atoms with van der Waals surface area (Å²) in [5.74, 6) is 0. The van der Waals surface area contributed by atoms with E-state index >= 15 is 0 Å². The van der Waals surface area contributed by atoms with E-state index in [0.717, 1.165) is 13.1 Å². The molecular formula is C11H25N4+. The number of hydrazone groups is 1. The van der Waals surface area contributed by atoms with Crippen LogP contribution < -0.4 is 5.43 Å². The lowest BCUT2D eigenvalue weighted by molar-refractivity contribution is -0.888. The summed E-state index contributed by atoms with van der Waals surface area (Å²) < 4.78 is 1.19. The highest BCUT2D eigenvalue weighted by atomic mass is 15.7. The van der Waals surface area contributed by atoms with E-state index < -0.39 is 0 Å². The predicted molar refractivity (Wildman–Crippen MR) is 64.6 cm³/mol. The van der Waals surface area contributed by atoms with Crippen LogP contribution >= 0.6 is 0 Å². The molecule has 1 fully saturated rings. The molecule has 0 aromatic heterocycles. The van der Waals surface area contributed by atoms with Gasteiger partial charge in [0, 0.05) is 19.9 Å². The fourth-order valence-electron chi connectivity index (χ4n) is 2.27. The van der Waals surface area contributed by atoms with Gasteiger partial charge in [-0.1, -0.05) is 13.8 Å². The third kappa shape index (κ3) is 3.47. The Balaban J connectivity index is 0.000000531. The summed E-state index contributed by atoms with van der Waals surface area (Å²) in [6, 6.07) is 0. The van der Waals surface area contributed by atoms with Crippen LogP contribution in [0.2, 0.25) is 0 Å². The second-order valence-corrected chi connectivity index (χ2v) is 4.46. The second-order valence-electron chi connectivity index (χ2n) is 4.46. The van der Waals surface area contributed by atoms with Crippen LogP contribution in [0.1, 0.15) is 26.7 Å². The van der Waals surface area contributed by atoms with Gasteiger partial charge in [-0.25, -0.2) is 10.5 Å². The van der Waals surface area contributed by atoms with Crippen molar-refractivity contribution in [3.05, 3.63) is 0 Å². The third-order valence-corrected chi connectivity index (χ3v) is 3.01. The molecule has 2 aliphatic heterocycles. The number of quaternary nitrogens is 1. The zero-order chi connectivity index (χ0) is 11.3. The highest BCUT2D eigenvalue weighted by Crippen LogP contribution is 2.16. The molecule has 4 nitrogen and oxygen atoms in total. The van der Waals surface area contributed by atoms with Crippen molar-refractivity contribution in [2.75, 3.05) is 40.3 Å². The topological polar surface area (TPSA) is 27.6 Å². The predicted octanol–water partition coefficient (Wildman–Crippen LogP) is 1.06. The molecule has 1 N–H and O–H groups in total. The van der Waals surface area contributed by atoms with Crippen molar-refractivity contribution < 1.29 is 4.48 Å². The van der Waals surface area contributed by atoms with E-state index in [2.05, 4.69) is 17.6 Å². The number of hydrogen-bond acceptors (Lipinski definition) is 3. The minimum absolute atomic E-state index is 0.935. The smallest absolute Gasteiger partial charge is 0.121 e. The normalized spacial score (nSPS) is 23.5. The molecule has 0 amide bonds. The van der Waals surface area contributed by atoms with Crippen LogP contribution in [-0.2, 0) is 0 Å².